The summed E-state index contributed by atoms with van der Waals surface area (Å²) in [5.74, 6) is 1.50. The van der Waals surface area contributed by atoms with Gasteiger partial charge in [-0.15, -0.1) is 0 Å². The lowest BCUT2D eigenvalue weighted by molar-refractivity contribution is 0.101. The fourth-order valence-corrected chi connectivity index (χ4v) is 4.77. The molecule has 0 amide bonds. The van der Waals surface area contributed by atoms with Crippen molar-refractivity contribution < 1.29 is 28.5 Å². The molecule has 0 N–H and O–H groups in total. The van der Waals surface area contributed by atoms with E-state index in [1.165, 1.54) is 14.0 Å². The van der Waals surface area contributed by atoms with Gasteiger partial charge in [0.1, 0.15) is 23.0 Å². The van der Waals surface area contributed by atoms with Crippen LogP contribution >= 0.6 is 0 Å². The van der Waals surface area contributed by atoms with E-state index in [0.29, 0.717) is 62.0 Å². The Bertz CT molecular complexity index is 1330. The first kappa shape index (κ1) is 24.1. The van der Waals surface area contributed by atoms with E-state index in [-0.39, 0.29) is 11.6 Å². The van der Waals surface area contributed by atoms with E-state index in [2.05, 4.69) is 0 Å². The number of fused-ring (bicyclic) bond motifs is 2. The molecule has 4 rings (SSSR count). The third kappa shape index (κ3) is 3.85. The SMILES string of the molecule is COC(=C1c2cc(C)cc(OC)c2C(=O)c2c(OC)cc(C)cc21)c1cccc(C(C)=O)c1OC. The van der Waals surface area contributed by atoms with Crippen LogP contribution in [0.5, 0.6) is 17.2 Å². The van der Waals surface area contributed by atoms with Crippen LogP contribution in [0.1, 0.15) is 61.0 Å². The number of ketones is 2. The molecule has 0 aromatic heterocycles. The standard InChI is InChI=1S/C29H28O6/c1-15-11-20-24(29(35-7)19-10-8-9-18(17(3)30)28(19)34-6)21-12-16(2)14-23(33-5)26(21)27(31)25(20)22(13-15)32-4/h8-14H,1-7H3. The van der Waals surface area contributed by atoms with Crippen LogP contribution in [0, 0.1) is 13.8 Å². The Hall–Kier alpha value is -4.06. The molecule has 3 aromatic carbocycles. The summed E-state index contributed by atoms with van der Waals surface area (Å²) in [5.41, 5.74) is 5.81. The van der Waals surface area contributed by atoms with Crippen molar-refractivity contribution in [1.82, 2.24) is 0 Å². The van der Waals surface area contributed by atoms with Gasteiger partial charge in [-0.3, -0.25) is 9.59 Å². The predicted molar refractivity (Wildman–Crippen MR) is 135 cm³/mol. The fraction of sp³-hybridized carbons (Fsp3) is 0.241. The van der Waals surface area contributed by atoms with E-state index in [1.54, 1.807) is 33.5 Å². The van der Waals surface area contributed by atoms with Crippen LogP contribution in [-0.2, 0) is 4.74 Å². The first-order valence-electron chi connectivity index (χ1n) is 11.2. The maximum absolute atomic E-state index is 13.9. The minimum absolute atomic E-state index is 0.126. The Labute approximate surface area is 205 Å². The highest BCUT2D eigenvalue weighted by Gasteiger charge is 2.36. The molecule has 35 heavy (non-hydrogen) atoms. The Morgan fingerprint density at radius 1 is 0.743 bits per heavy atom. The number of aryl methyl sites for hydroxylation is 2. The average Bonchev–Trinajstić information content (AvgIpc) is 2.84. The number of carbonyl (C=O) groups is 2. The van der Waals surface area contributed by atoms with Gasteiger partial charge in [-0.1, -0.05) is 18.2 Å². The molecular weight excluding hydrogens is 444 g/mol. The lowest BCUT2D eigenvalue weighted by Gasteiger charge is -2.28. The van der Waals surface area contributed by atoms with E-state index < -0.39 is 0 Å². The third-order valence-electron chi connectivity index (χ3n) is 6.20. The summed E-state index contributed by atoms with van der Waals surface area (Å²) in [6, 6.07) is 12.9. The first-order valence-corrected chi connectivity index (χ1v) is 11.2. The summed E-state index contributed by atoms with van der Waals surface area (Å²) in [5, 5.41) is 0. The predicted octanol–water partition coefficient (Wildman–Crippen LogP) is 5.64. The number of rotatable bonds is 6. The molecule has 1 aliphatic carbocycles. The molecule has 0 atom stereocenters. The quantitative estimate of drug-likeness (QED) is 0.267. The molecule has 0 unspecified atom stereocenters. The fourth-order valence-electron chi connectivity index (χ4n) is 4.77. The van der Waals surface area contributed by atoms with Crippen molar-refractivity contribution in [3.05, 3.63) is 87.0 Å². The summed E-state index contributed by atoms with van der Waals surface area (Å²) in [4.78, 5) is 26.2. The van der Waals surface area contributed by atoms with Gasteiger partial charge in [0.05, 0.1) is 50.7 Å². The van der Waals surface area contributed by atoms with Crippen LogP contribution < -0.4 is 14.2 Å². The Morgan fingerprint density at radius 2 is 1.26 bits per heavy atom. The van der Waals surface area contributed by atoms with Crippen LogP contribution in [0.4, 0.5) is 0 Å². The van der Waals surface area contributed by atoms with Crippen LogP contribution in [0.3, 0.4) is 0 Å². The summed E-state index contributed by atoms with van der Waals surface area (Å²) in [6.07, 6.45) is 0. The number of carbonyl (C=O) groups excluding carboxylic acids is 2. The lowest BCUT2D eigenvalue weighted by Crippen LogP contribution is -2.19. The van der Waals surface area contributed by atoms with Gasteiger partial charge in [-0.05, 0) is 56.2 Å². The van der Waals surface area contributed by atoms with Gasteiger partial charge in [0.25, 0.3) is 0 Å². The molecular formula is C29H28O6. The number of hydrogen-bond donors (Lipinski definition) is 0. The van der Waals surface area contributed by atoms with Crippen molar-refractivity contribution in [1.29, 1.82) is 0 Å². The molecule has 0 saturated carbocycles. The van der Waals surface area contributed by atoms with Gasteiger partial charge >= 0.3 is 0 Å². The molecule has 0 spiro atoms. The van der Waals surface area contributed by atoms with E-state index in [4.69, 9.17) is 18.9 Å². The first-order chi connectivity index (χ1) is 16.8. The van der Waals surface area contributed by atoms with Crippen molar-refractivity contribution >= 4 is 22.9 Å². The topological polar surface area (TPSA) is 71.1 Å². The summed E-state index contributed by atoms with van der Waals surface area (Å²) in [7, 11) is 6.18. The highest BCUT2D eigenvalue weighted by Crippen LogP contribution is 2.48. The number of hydrogen-bond acceptors (Lipinski definition) is 6. The molecule has 0 saturated heterocycles. The number of Topliss-reactive ketones (excluding diaryl/α,β-unsaturated/α-hetero) is 1. The average molecular weight is 473 g/mol. The van der Waals surface area contributed by atoms with Gasteiger partial charge in [-0.2, -0.15) is 0 Å². The minimum Gasteiger partial charge on any atom is -0.496 e. The van der Waals surface area contributed by atoms with Gasteiger partial charge in [-0.25, -0.2) is 0 Å². The van der Waals surface area contributed by atoms with E-state index >= 15 is 0 Å². The Balaban J connectivity index is 2.24. The molecule has 1 aliphatic rings. The summed E-state index contributed by atoms with van der Waals surface area (Å²) < 4.78 is 23.0. The van der Waals surface area contributed by atoms with Gasteiger partial charge in [0.2, 0.25) is 5.78 Å². The van der Waals surface area contributed by atoms with Crippen LogP contribution in [0.15, 0.2) is 42.5 Å². The number of benzene rings is 3. The van der Waals surface area contributed by atoms with Crippen molar-refractivity contribution in [2.45, 2.75) is 20.8 Å². The number of para-hydroxylation sites is 1. The number of ether oxygens (including phenoxy) is 4. The zero-order valence-corrected chi connectivity index (χ0v) is 21.0. The van der Waals surface area contributed by atoms with E-state index in [0.717, 1.165) is 11.1 Å². The zero-order chi connectivity index (χ0) is 25.4. The van der Waals surface area contributed by atoms with E-state index in [9.17, 15) is 9.59 Å². The van der Waals surface area contributed by atoms with Crippen LogP contribution in [0.2, 0.25) is 0 Å². The van der Waals surface area contributed by atoms with Crippen molar-refractivity contribution in [2.75, 3.05) is 28.4 Å². The normalized spacial score (nSPS) is 12.0. The number of methoxy groups -OCH3 is 4. The minimum atomic E-state index is -0.188. The maximum Gasteiger partial charge on any atom is 0.201 e. The molecule has 0 bridgehead atoms. The molecule has 0 fully saturated rings. The van der Waals surface area contributed by atoms with Crippen molar-refractivity contribution in [3.8, 4) is 17.2 Å². The third-order valence-corrected chi connectivity index (χ3v) is 6.20. The molecule has 0 radical (unpaired) electrons. The smallest absolute Gasteiger partial charge is 0.201 e. The monoisotopic (exact) mass is 472 g/mol. The van der Waals surface area contributed by atoms with Crippen LogP contribution in [0.25, 0.3) is 11.3 Å². The van der Waals surface area contributed by atoms with Crippen molar-refractivity contribution in [3.63, 3.8) is 0 Å². The van der Waals surface area contributed by atoms with E-state index in [1.807, 2.05) is 44.2 Å². The van der Waals surface area contributed by atoms with Gasteiger partial charge < -0.3 is 18.9 Å². The molecule has 0 aliphatic heterocycles. The Morgan fingerprint density at radius 3 is 1.69 bits per heavy atom. The molecule has 180 valence electrons. The summed E-state index contributed by atoms with van der Waals surface area (Å²) >= 11 is 0. The second kappa shape index (κ2) is 9.29. The molecule has 0 heterocycles. The van der Waals surface area contributed by atoms with Gasteiger partial charge in [0, 0.05) is 16.7 Å². The van der Waals surface area contributed by atoms with Gasteiger partial charge in [0.15, 0.2) is 5.78 Å². The lowest BCUT2D eigenvalue weighted by atomic mass is 9.77. The second-order valence-electron chi connectivity index (χ2n) is 8.46. The molecule has 3 aromatic rings. The second-order valence-corrected chi connectivity index (χ2v) is 8.46. The zero-order valence-electron chi connectivity index (χ0n) is 21.0. The highest BCUT2D eigenvalue weighted by molar-refractivity contribution is 6.24. The Kier molecular flexibility index (Phi) is 6.39. The van der Waals surface area contributed by atoms with Crippen molar-refractivity contribution in [2.24, 2.45) is 0 Å². The molecule has 6 nitrogen and oxygen atoms in total. The highest BCUT2D eigenvalue weighted by atomic mass is 16.5. The van der Waals surface area contributed by atoms with Crippen LogP contribution in [-0.4, -0.2) is 40.0 Å². The molecule has 6 heteroatoms. The summed E-state index contributed by atoms with van der Waals surface area (Å²) in [6.45, 7) is 5.38. The largest absolute Gasteiger partial charge is 0.496 e. The maximum atomic E-state index is 13.9.